The van der Waals surface area contributed by atoms with E-state index in [0.717, 1.165) is 38.7 Å². The van der Waals surface area contributed by atoms with Crippen LogP contribution in [0.2, 0.25) is 0 Å². The van der Waals surface area contributed by atoms with Crippen LogP contribution in [0.4, 0.5) is 11.4 Å². The molecule has 0 saturated heterocycles. The Bertz CT molecular complexity index is 555. The zero-order chi connectivity index (χ0) is 15.0. The summed E-state index contributed by atoms with van der Waals surface area (Å²) in [5.74, 6) is 0. The van der Waals surface area contributed by atoms with E-state index in [1.165, 1.54) is 11.1 Å². The van der Waals surface area contributed by atoms with Crippen molar-refractivity contribution in [1.29, 1.82) is 0 Å². The summed E-state index contributed by atoms with van der Waals surface area (Å²) >= 11 is 0. The van der Waals surface area contributed by atoms with Gasteiger partial charge in [0.1, 0.15) is 0 Å². The largest absolute Gasteiger partial charge is 0.187 e. The summed E-state index contributed by atoms with van der Waals surface area (Å²) in [7, 11) is 0. The first kappa shape index (κ1) is 14.6. The maximum atomic E-state index is 12.9. The summed E-state index contributed by atoms with van der Waals surface area (Å²) in [6, 6.07) is 8.25. The van der Waals surface area contributed by atoms with Gasteiger partial charge in [-0.1, -0.05) is 40.6 Å². The molecule has 2 aromatic carbocycles. The van der Waals surface area contributed by atoms with Crippen LogP contribution in [0.25, 0.3) is 0 Å². The molecule has 0 saturated carbocycles. The fourth-order valence-electron chi connectivity index (χ4n) is 3.10. The van der Waals surface area contributed by atoms with E-state index in [1.807, 2.05) is 27.7 Å². The number of aryl methyl sites for hydroxylation is 6. The lowest BCUT2D eigenvalue weighted by Crippen LogP contribution is -2.14. The lowest BCUT2D eigenvalue weighted by Gasteiger charge is -2.23. The Morgan fingerprint density at radius 2 is 0.850 bits per heavy atom. The van der Waals surface area contributed by atoms with Gasteiger partial charge in [0.25, 0.3) is 0 Å². The summed E-state index contributed by atoms with van der Waals surface area (Å²) in [6.45, 7) is 12.1. The second kappa shape index (κ2) is 5.29. The fraction of sp³-hybridized carbons (Fsp3) is 0.333. The third-order valence-corrected chi connectivity index (χ3v) is 3.68. The molecule has 2 nitrogen and oxygen atoms in total. The Labute approximate surface area is 121 Å². The van der Waals surface area contributed by atoms with Gasteiger partial charge >= 0.3 is 0 Å². The Morgan fingerprint density at radius 1 is 0.600 bits per heavy atom. The molecule has 20 heavy (non-hydrogen) atoms. The molecule has 1 radical (unpaired) electrons. The van der Waals surface area contributed by atoms with E-state index in [9.17, 15) is 5.21 Å². The summed E-state index contributed by atoms with van der Waals surface area (Å²) in [5.41, 5.74) is 8.02. The number of hydrogen-bond donors (Lipinski definition) is 0. The van der Waals surface area contributed by atoms with E-state index < -0.39 is 0 Å². The van der Waals surface area contributed by atoms with Gasteiger partial charge in [0.05, 0.1) is 11.4 Å². The number of nitrogens with zero attached hydrogens (tertiary/aromatic N) is 1. The Balaban J connectivity index is 2.61. The molecule has 0 unspecified atom stereocenters. The van der Waals surface area contributed by atoms with Crippen molar-refractivity contribution in [3.8, 4) is 0 Å². The van der Waals surface area contributed by atoms with Crippen LogP contribution in [0.15, 0.2) is 24.3 Å². The van der Waals surface area contributed by atoms with Gasteiger partial charge in [0.15, 0.2) is 0 Å². The fourth-order valence-corrected chi connectivity index (χ4v) is 3.10. The van der Waals surface area contributed by atoms with Gasteiger partial charge in [-0.2, -0.15) is 5.06 Å². The zero-order valence-corrected chi connectivity index (χ0v) is 13.2. The first-order chi connectivity index (χ1) is 9.31. The van der Waals surface area contributed by atoms with Gasteiger partial charge in [0.2, 0.25) is 0 Å². The first-order valence-corrected chi connectivity index (χ1v) is 6.94. The summed E-state index contributed by atoms with van der Waals surface area (Å²) in [6.07, 6.45) is 0. The molecule has 0 aliphatic rings. The van der Waals surface area contributed by atoms with E-state index in [4.69, 9.17) is 0 Å². The molecule has 0 aromatic heterocycles. The molecule has 2 rings (SSSR count). The first-order valence-electron chi connectivity index (χ1n) is 6.94. The van der Waals surface area contributed by atoms with Crippen molar-refractivity contribution >= 4 is 11.4 Å². The highest BCUT2D eigenvalue weighted by molar-refractivity contribution is 5.72. The molecule has 0 heterocycles. The predicted octanol–water partition coefficient (Wildman–Crippen LogP) is 5.02. The van der Waals surface area contributed by atoms with Crippen LogP contribution in [-0.4, -0.2) is 0 Å². The van der Waals surface area contributed by atoms with E-state index in [0.29, 0.717) is 0 Å². The van der Waals surface area contributed by atoms with Crippen LogP contribution in [0, 0.1) is 41.5 Å². The van der Waals surface area contributed by atoms with Gasteiger partial charge in [-0.05, 0) is 63.8 Å². The Morgan fingerprint density at radius 3 is 1.10 bits per heavy atom. The molecule has 0 amide bonds. The summed E-state index contributed by atoms with van der Waals surface area (Å²) in [5, 5.41) is 14.0. The van der Waals surface area contributed by atoms with Crippen molar-refractivity contribution < 1.29 is 5.21 Å². The minimum atomic E-state index is 0.769. The molecule has 105 valence electrons. The molecule has 2 aromatic rings. The smallest absolute Gasteiger partial charge is 0.0785 e. The second-order valence-corrected chi connectivity index (χ2v) is 5.79. The Hall–Kier alpha value is -1.80. The quantitative estimate of drug-likeness (QED) is 0.701. The van der Waals surface area contributed by atoms with Crippen molar-refractivity contribution in [2.75, 3.05) is 5.06 Å². The highest BCUT2D eigenvalue weighted by Crippen LogP contribution is 2.35. The molecule has 0 fully saturated rings. The zero-order valence-electron chi connectivity index (χ0n) is 13.2. The average molecular weight is 268 g/mol. The van der Waals surface area contributed by atoms with Crippen molar-refractivity contribution in [2.45, 2.75) is 41.5 Å². The number of benzene rings is 2. The van der Waals surface area contributed by atoms with Crippen LogP contribution >= 0.6 is 0 Å². The van der Waals surface area contributed by atoms with Gasteiger partial charge in [-0.15, -0.1) is 0 Å². The lowest BCUT2D eigenvalue weighted by molar-refractivity contribution is 0.195. The van der Waals surface area contributed by atoms with Crippen LogP contribution in [-0.2, 0) is 5.21 Å². The maximum Gasteiger partial charge on any atom is 0.0785 e. The molecule has 2 heteroatoms. The standard InChI is InChI=1S/C18H22NO/c1-11-7-13(3)17(14(4)8-11)19(20)18-15(5)9-12(2)10-16(18)6/h7-10H,1-6H3. The third-order valence-electron chi connectivity index (χ3n) is 3.68. The van der Waals surface area contributed by atoms with Crippen molar-refractivity contribution in [1.82, 2.24) is 0 Å². The van der Waals surface area contributed by atoms with E-state index >= 15 is 0 Å². The van der Waals surface area contributed by atoms with Crippen molar-refractivity contribution in [2.24, 2.45) is 0 Å². The van der Waals surface area contributed by atoms with Gasteiger partial charge in [-0.25, -0.2) is 0 Å². The molecular formula is C18H22NO. The second-order valence-electron chi connectivity index (χ2n) is 5.79. The predicted molar refractivity (Wildman–Crippen MR) is 84.1 cm³/mol. The molecule has 0 atom stereocenters. The lowest BCUT2D eigenvalue weighted by atomic mass is 10.0. The normalized spacial score (nSPS) is 10.8. The topological polar surface area (TPSA) is 23.1 Å². The van der Waals surface area contributed by atoms with Crippen LogP contribution in [0.1, 0.15) is 33.4 Å². The summed E-state index contributed by atoms with van der Waals surface area (Å²) < 4.78 is 0. The average Bonchev–Trinajstić information content (AvgIpc) is 2.25. The van der Waals surface area contributed by atoms with Crippen molar-refractivity contribution in [3.05, 3.63) is 57.6 Å². The van der Waals surface area contributed by atoms with Gasteiger partial charge in [-0.3, -0.25) is 0 Å². The SMILES string of the molecule is Cc1cc(C)c(N([O])c2c(C)cc(C)cc2C)c(C)c1. The van der Waals surface area contributed by atoms with Crippen LogP contribution in [0.3, 0.4) is 0 Å². The highest BCUT2D eigenvalue weighted by atomic mass is 16.5. The minimum Gasteiger partial charge on any atom is -0.187 e. The molecule has 0 aliphatic carbocycles. The monoisotopic (exact) mass is 268 g/mol. The van der Waals surface area contributed by atoms with E-state index in [-0.39, 0.29) is 0 Å². The number of hydrogen-bond acceptors (Lipinski definition) is 1. The molecule has 0 N–H and O–H groups in total. The van der Waals surface area contributed by atoms with Gasteiger partial charge < -0.3 is 0 Å². The third kappa shape index (κ3) is 2.56. The number of rotatable bonds is 2. The van der Waals surface area contributed by atoms with Crippen LogP contribution < -0.4 is 5.06 Å². The molecule has 0 bridgehead atoms. The minimum absolute atomic E-state index is 0.769. The van der Waals surface area contributed by atoms with E-state index in [2.05, 4.69) is 38.1 Å². The van der Waals surface area contributed by atoms with E-state index in [1.54, 1.807) is 0 Å². The van der Waals surface area contributed by atoms with Crippen molar-refractivity contribution in [3.63, 3.8) is 0 Å². The molecule has 0 aliphatic heterocycles. The maximum absolute atomic E-state index is 12.9. The Kier molecular flexibility index (Phi) is 3.87. The highest BCUT2D eigenvalue weighted by Gasteiger charge is 2.18. The number of anilines is 2. The van der Waals surface area contributed by atoms with Crippen LogP contribution in [0.5, 0.6) is 0 Å². The summed E-state index contributed by atoms with van der Waals surface area (Å²) in [4.78, 5) is 0. The molecule has 0 spiro atoms. The van der Waals surface area contributed by atoms with Gasteiger partial charge in [0, 0.05) is 0 Å². The molecular weight excluding hydrogens is 246 g/mol.